The maximum atomic E-state index is 12.1. The number of nitrogens with one attached hydrogen (secondary N) is 2. The van der Waals surface area contributed by atoms with Crippen LogP contribution < -0.4 is 15.5 Å². The summed E-state index contributed by atoms with van der Waals surface area (Å²) in [5.74, 6) is -1.17. The minimum absolute atomic E-state index is 0.343. The Labute approximate surface area is 196 Å². The molecule has 2 N–H and O–H groups in total. The van der Waals surface area contributed by atoms with E-state index in [1.165, 1.54) is 6.21 Å². The molecule has 0 atom stereocenters. The molecule has 0 heterocycles. The van der Waals surface area contributed by atoms with E-state index in [1.807, 2.05) is 44.2 Å². The molecule has 0 spiro atoms. The van der Waals surface area contributed by atoms with Crippen LogP contribution in [0.3, 0.4) is 0 Å². The maximum absolute atomic E-state index is 12.1. The Hall–Kier alpha value is -3.35. The second-order valence-corrected chi connectivity index (χ2v) is 7.87. The lowest BCUT2D eigenvalue weighted by Gasteiger charge is -2.10. The van der Waals surface area contributed by atoms with Gasteiger partial charge in [-0.3, -0.25) is 9.59 Å². The van der Waals surface area contributed by atoms with Crippen molar-refractivity contribution in [2.45, 2.75) is 20.5 Å². The number of carbonyl (C=O) groups is 2. The van der Waals surface area contributed by atoms with Gasteiger partial charge in [0, 0.05) is 10.7 Å². The normalized spacial score (nSPS) is 10.8. The molecule has 3 aromatic carbocycles. The molecule has 0 radical (unpaired) electrons. The average molecular weight is 470 g/mol. The standard InChI is InChI=1S/C24H21Cl2N3O3/c1-15-4-3-5-16(2)22(15)28-23(30)24(31)29-27-13-18-8-11-21(20(26)12-18)32-14-17-6-9-19(25)10-7-17/h3-13H,14H2,1-2H3,(H,28,30)(H,29,31)/b27-13-. The van der Waals surface area contributed by atoms with Crippen LogP contribution in [0.5, 0.6) is 5.75 Å². The summed E-state index contributed by atoms with van der Waals surface area (Å²) >= 11 is 12.1. The Morgan fingerprint density at radius 1 is 0.969 bits per heavy atom. The first-order valence-corrected chi connectivity index (χ1v) is 10.5. The average Bonchev–Trinajstić information content (AvgIpc) is 2.76. The van der Waals surface area contributed by atoms with Crippen molar-refractivity contribution in [2.24, 2.45) is 5.10 Å². The topological polar surface area (TPSA) is 79.8 Å². The molecular formula is C24H21Cl2N3O3. The fraction of sp³-hybridized carbons (Fsp3) is 0.125. The largest absolute Gasteiger partial charge is 0.487 e. The van der Waals surface area contributed by atoms with E-state index in [-0.39, 0.29) is 0 Å². The Balaban J connectivity index is 1.54. The van der Waals surface area contributed by atoms with Gasteiger partial charge in [-0.2, -0.15) is 5.10 Å². The third-order valence-corrected chi connectivity index (χ3v) is 5.12. The van der Waals surface area contributed by atoms with Crippen LogP contribution >= 0.6 is 23.2 Å². The van der Waals surface area contributed by atoms with Crippen molar-refractivity contribution in [1.82, 2.24) is 5.43 Å². The lowest BCUT2D eigenvalue weighted by molar-refractivity contribution is -0.136. The minimum atomic E-state index is -0.877. The summed E-state index contributed by atoms with van der Waals surface area (Å²) in [4.78, 5) is 24.2. The van der Waals surface area contributed by atoms with Crippen molar-refractivity contribution in [3.05, 3.63) is 93.0 Å². The summed E-state index contributed by atoms with van der Waals surface area (Å²) in [7, 11) is 0. The molecule has 0 aliphatic rings. The van der Waals surface area contributed by atoms with Crippen LogP contribution in [0.25, 0.3) is 0 Å². The molecule has 0 saturated heterocycles. The summed E-state index contributed by atoms with van der Waals surface area (Å²) in [5.41, 5.74) is 6.13. The first kappa shape index (κ1) is 23.3. The first-order chi connectivity index (χ1) is 15.3. The molecule has 3 rings (SSSR count). The molecule has 0 aromatic heterocycles. The Bertz CT molecular complexity index is 1140. The Morgan fingerprint density at radius 3 is 2.31 bits per heavy atom. The van der Waals surface area contributed by atoms with Crippen molar-refractivity contribution < 1.29 is 14.3 Å². The highest BCUT2D eigenvalue weighted by Gasteiger charge is 2.15. The molecule has 3 aromatic rings. The minimum Gasteiger partial charge on any atom is -0.487 e. The second-order valence-electron chi connectivity index (χ2n) is 7.03. The van der Waals surface area contributed by atoms with Crippen LogP contribution in [0.2, 0.25) is 10.0 Å². The van der Waals surface area contributed by atoms with Crippen molar-refractivity contribution in [1.29, 1.82) is 0 Å². The highest BCUT2D eigenvalue weighted by molar-refractivity contribution is 6.39. The number of amides is 2. The molecule has 0 aliphatic heterocycles. The zero-order valence-electron chi connectivity index (χ0n) is 17.5. The fourth-order valence-electron chi connectivity index (χ4n) is 2.85. The number of halogens is 2. The number of ether oxygens (including phenoxy) is 1. The van der Waals surface area contributed by atoms with Crippen molar-refractivity contribution in [3.63, 3.8) is 0 Å². The number of rotatable bonds is 6. The van der Waals surface area contributed by atoms with E-state index in [9.17, 15) is 9.59 Å². The summed E-state index contributed by atoms with van der Waals surface area (Å²) in [6.07, 6.45) is 1.39. The van der Waals surface area contributed by atoms with Gasteiger partial charge in [0.2, 0.25) is 0 Å². The second kappa shape index (κ2) is 10.8. The number of benzene rings is 3. The van der Waals surface area contributed by atoms with Gasteiger partial charge in [-0.15, -0.1) is 0 Å². The molecule has 0 aliphatic carbocycles. The Morgan fingerprint density at radius 2 is 1.66 bits per heavy atom. The first-order valence-electron chi connectivity index (χ1n) is 9.71. The van der Waals surface area contributed by atoms with Crippen molar-refractivity contribution in [2.75, 3.05) is 5.32 Å². The van der Waals surface area contributed by atoms with Gasteiger partial charge in [-0.05, 0) is 66.4 Å². The maximum Gasteiger partial charge on any atom is 0.329 e. The van der Waals surface area contributed by atoms with Crippen molar-refractivity contribution in [3.8, 4) is 5.75 Å². The third-order valence-electron chi connectivity index (χ3n) is 4.57. The van der Waals surface area contributed by atoms with Crippen LogP contribution in [-0.2, 0) is 16.2 Å². The summed E-state index contributed by atoms with van der Waals surface area (Å²) in [6.45, 7) is 4.05. The van der Waals surface area contributed by atoms with Crippen molar-refractivity contribution >= 4 is 46.9 Å². The van der Waals surface area contributed by atoms with Crippen LogP contribution in [0.1, 0.15) is 22.3 Å². The van der Waals surface area contributed by atoms with E-state index >= 15 is 0 Å². The van der Waals surface area contributed by atoms with E-state index in [4.69, 9.17) is 27.9 Å². The number of anilines is 1. The summed E-state index contributed by atoms with van der Waals surface area (Å²) < 4.78 is 5.73. The zero-order chi connectivity index (χ0) is 23.1. The van der Waals surface area contributed by atoms with Gasteiger partial charge in [0.05, 0.1) is 11.2 Å². The molecule has 2 amide bonds. The summed E-state index contributed by atoms with van der Waals surface area (Å²) in [6, 6.07) is 18.0. The molecule has 0 bridgehead atoms. The highest BCUT2D eigenvalue weighted by Crippen LogP contribution is 2.26. The van der Waals surface area contributed by atoms with E-state index in [2.05, 4.69) is 15.8 Å². The smallest absolute Gasteiger partial charge is 0.329 e. The lowest BCUT2D eigenvalue weighted by Crippen LogP contribution is -2.32. The number of nitrogens with zero attached hydrogens (tertiary/aromatic N) is 1. The van der Waals surface area contributed by atoms with E-state index in [0.717, 1.165) is 16.7 Å². The third kappa shape index (κ3) is 6.33. The quantitative estimate of drug-likeness (QED) is 0.292. The Kier molecular flexibility index (Phi) is 7.87. The monoisotopic (exact) mass is 469 g/mol. The molecule has 6 nitrogen and oxygen atoms in total. The molecule has 8 heteroatoms. The van der Waals surface area contributed by atoms with Gasteiger partial charge in [0.1, 0.15) is 12.4 Å². The van der Waals surface area contributed by atoms with Crippen LogP contribution in [0.15, 0.2) is 65.8 Å². The number of hydrazone groups is 1. The predicted molar refractivity (Wildman–Crippen MR) is 128 cm³/mol. The fourth-order valence-corrected chi connectivity index (χ4v) is 3.22. The van der Waals surface area contributed by atoms with E-state index < -0.39 is 11.8 Å². The van der Waals surface area contributed by atoms with E-state index in [0.29, 0.717) is 33.7 Å². The molecule has 0 saturated carbocycles. The number of carbonyl (C=O) groups excluding carboxylic acids is 2. The number of hydrogen-bond donors (Lipinski definition) is 2. The SMILES string of the molecule is Cc1cccc(C)c1NC(=O)C(=O)N/N=C\c1ccc(OCc2ccc(Cl)cc2)c(Cl)c1. The molecular weight excluding hydrogens is 449 g/mol. The molecule has 0 unspecified atom stereocenters. The lowest BCUT2D eigenvalue weighted by atomic mass is 10.1. The number of para-hydroxylation sites is 1. The van der Waals surface area contributed by atoms with Gasteiger partial charge in [0.15, 0.2) is 0 Å². The predicted octanol–water partition coefficient (Wildman–Crippen LogP) is 5.28. The highest BCUT2D eigenvalue weighted by atomic mass is 35.5. The molecule has 0 fully saturated rings. The summed E-state index contributed by atoms with van der Waals surface area (Å²) in [5, 5.41) is 7.48. The van der Waals surface area contributed by atoms with Gasteiger partial charge in [-0.25, -0.2) is 5.43 Å². The van der Waals surface area contributed by atoms with Gasteiger partial charge < -0.3 is 10.1 Å². The number of hydrogen-bond acceptors (Lipinski definition) is 4. The van der Waals surface area contributed by atoms with Crippen LogP contribution in [0, 0.1) is 13.8 Å². The molecule has 32 heavy (non-hydrogen) atoms. The zero-order valence-corrected chi connectivity index (χ0v) is 19.0. The van der Waals surface area contributed by atoms with Crippen LogP contribution in [0.4, 0.5) is 5.69 Å². The van der Waals surface area contributed by atoms with E-state index in [1.54, 1.807) is 30.3 Å². The number of aryl methyl sites for hydroxylation is 2. The van der Waals surface area contributed by atoms with Gasteiger partial charge in [0.25, 0.3) is 0 Å². The van der Waals surface area contributed by atoms with Gasteiger partial charge >= 0.3 is 11.8 Å². The van der Waals surface area contributed by atoms with Gasteiger partial charge in [-0.1, -0.05) is 53.5 Å². The van der Waals surface area contributed by atoms with Crippen LogP contribution in [-0.4, -0.2) is 18.0 Å². The molecule has 164 valence electrons.